The van der Waals surface area contributed by atoms with Crippen molar-refractivity contribution in [2.45, 2.75) is 19.4 Å². The van der Waals surface area contributed by atoms with Gasteiger partial charge in [0.05, 0.1) is 5.41 Å². The van der Waals surface area contributed by atoms with Crippen LogP contribution in [0, 0.1) is 11.3 Å². The fraction of sp³-hybridized carbons (Fsp3) is 0.500. The van der Waals surface area contributed by atoms with Crippen LogP contribution in [0.25, 0.3) is 0 Å². The normalized spacial score (nSPS) is 30.5. The van der Waals surface area contributed by atoms with Crippen LogP contribution in [0.5, 0.6) is 0 Å². The molecule has 3 rings (SSSR count). The summed E-state index contributed by atoms with van der Waals surface area (Å²) in [6.45, 7) is 2.23. The molecule has 3 nitrogen and oxygen atoms in total. The van der Waals surface area contributed by atoms with E-state index in [1.165, 1.54) is 0 Å². The Morgan fingerprint density at radius 2 is 2.24 bits per heavy atom. The molecule has 0 bridgehead atoms. The lowest BCUT2D eigenvalue weighted by Crippen LogP contribution is -2.37. The summed E-state index contributed by atoms with van der Waals surface area (Å²) in [4.78, 5) is 12.1. The number of fused-ring (bicyclic) bond motifs is 1. The van der Waals surface area contributed by atoms with Gasteiger partial charge >= 0.3 is 5.97 Å². The minimum atomic E-state index is -0.187. The third kappa shape index (κ3) is 1.95. The Labute approximate surface area is 101 Å². The monoisotopic (exact) mass is 231 g/mol. The number of nitrogens with one attached hydrogen (secondary N) is 1. The zero-order chi connectivity index (χ0) is 11.7. The highest BCUT2D eigenvalue weighted by Crippen LogP contribution is 2.56. The predicted octanol–water partition coefficient (Wildman–Crippen LogP) is 1.73. The first kappa shape index (κ1) is 10.8. The van der Waals surface area contributed by atoms with E-state index >= 15 is 0 Å². The summed E-state index contributed by atoms with van der Waals surface area (Å²) in [5.74, 6) is 0.547. The van der Waals surface area contributed by atoms with E-state index < -0.39 is 0 Å². The van der Waals surface area contributed by atoms with Crippen molar-refractivity contribution in [3.63, 3.8) is 0 Å². The third-order valence-corrected chi connectivity index (χ3v) is 3.96. The molecule has 2 atom stereocenters. The number of carbonyl (C=O) groups excluding carboxylic acids is 1. The maximum Gasteiger partial charge on any atom is 0.314 e. The standard InChI is InChI=1S/C14H17NO2/c16-13(14-8-12(14)6-7-15-10-14)17-9-11-4-2-1-3-5-11/h1-5,12,15H,6-10H2/t12-,14+/m0/s1. The van der Waals surface area contributed by atoms with E-state index in [9.17, 15) is 4.79 Å². The largest absolute Gasteiger partial charge is 0.460 e. The van der Waals surface area contributed by atoms with E-state index in [2.05, 4.69) is 5.32 Å². The molecule has 0 amide bonds. The van der Waals surface area contributed by atoms with Gasteiger partial charge in [0, 0.05) is 6.54 Å². The summed E-state index contributed by atoms with van der Waals surface area (Å²) < 4.78 is 5.43. The Morgan fingerprint density at radius 3 is 3.00 bits per heavy atom. The second-order valence-electron chi connectivity index (χ2n) is 5.08. The van der Waals surface area contributed by atoms with Crippen molar-refractivity contribution in [1.82, 2.24) is 5.32 Å². The van der Waals surface area contributed by atoms with Gasteiger partial charge in [-0.2, -0.15) is 0 Å². The van der Waals surface area contributed by atoms with Crippen LogP contribution in [-0.4, -0.2) is 19.1 Å². The van der Waals surface area contributed by atoms with Gasteiger partial charge in [0.1, 0.15) is 6.61 Å². The molecule has 1 aromatic rings. The van der Waals surface area contributed by atoms with Crippen molar-refractivity contribution in [2.75, 3.05) is 13.1 Å². The molecule has 3 heteroatoms. The lowest BCUT2D eigenvalue weighted by molar-refractivity contribution is -0.152. The number of esters is 1. The molecular formula is C14H17NO2. The fourth-order valence-electron chi connectivity index (χ4n) is 2.75. The first-order valence-electron chi connectivity index (χ1n) is 6.23. The van der Waals surface area contributed by atoms with Crippen LogP contribution in [0.2, 0.25) is 0 Å². The molecule has 0 radical (unpaired) electrons. The number of hydrogen-bond acceptors (Lipinski definition) is 3. The molecule has 0 aromatic heterocycles. The van der Waals surface area contributed by atoms with E-state index in [1.807, 2.05) is 30.3 Å². The Kier molecular flexibility index (Phi) is 2.63. The highest BCUT2D eigenvalue weighted by molar-refractivity contribution is 5.81. The van der Waals surface area contributed by atoms with E-state index in [0.717, 1.165) is 31.5 Å². The number of carbonyl (C=O) groups is 1. The highest BCUT2D eigenvalue weighted by atomic mass is 16.5. The van der Waals surface area contributed by atoms with Crippen LogP contribution < -0.4 is 5.32 Å². The van der Waals surface area contributed by atoms with Crippen LogP contribution in [0.15, 0.2) is 30.3 Å². The molecule has 2 fully saturated rings. The average Bonchev–Trinajstić information content (AvgIpc) is 3.13. The lowest BCUT2D eigenvalue weighted by atomic mass is 9.99. The van der Waals surface area contributed by atoms with Gasteiger partial charge in [-0.25, -0.2) is 0 Å². The summed E-state index contributed by atoms with van der Waals surface area (Å²) >= 11 is 0. The molecule has 2 aliphatic rings. The molecule has 1 aliphatic heterocycles. The average molecular weight is 231 g/mol. The van der Waals surface area contributed by atoms with Crippen molar-refractivity contribution in [3.05, 3.63) is 35.9 Å². The number of ether oxygens (including phenoxy) is 1. The van der Waals surface area contributed by atoms with Crippen LogP contribution in [0.4, 0.5) is 0 Å². The molecule has 1 aliphatic carbocycles. The van der Waals surface area contributed by atoms with Gasteiger partial charge in [-0.3, -0.25) is 4.79 Å². The zero-order valence-electron chi connectivity index (χ0n) is 9.82. The van der Waals surface area contributed by atoms with E-state index in [1.54, 1.807) is 0 Å². The van der Waals surface area contributed by atoms with Crippen molar-refractivity contribution in [1.29, 1.82) is 0 Å². The zero-order valence-corrected chi connectivity index (χ0v) is 9.82. The number of hydrogen-bond donors (Lipinski definition) is 1. The molecule has 1 aromatic carbocycles. The fourth-order valence-corrected chi connectivity index (χ4v) is 2.75. The van der Waals surface area contributed by atoms with Crippen molar-refractivity contribution < 1.29 is 9.53 Å². The van der Waals surface area contributed by atoms with Gasteiger partial charge in [0.15, 0.2) is 0 Å². The summed E-state index contributed by atoms with van der Waals surface area (Å²) in [6, 6.07) is 9.85. The molecular weight excluding hydrogens is 214 g/mol. The van der Waals surface area contributed by atoms with Gasteiger partial charge in [0.2, 0.25) is 0 Å². The van der Waals surface area contributed by atoms with Gasteiger partial charge in [-0.1, -0.05) is 30.3 Å². The molecule has 90 valence electrons. The first-order valence-corrected chi connectivity index (χ1v) is 6.23. The number of benzene rings is 1. The van der Waals surface area contributed by atoms with Crippen molar-refractivity contribution in [2.24, 2.45) is 11.3 Å². The lowest BCUT2D eigenvalue weighted by Gasteiger charge is -2.21. The number of rotatable bonds is 3. The van der Waals surface area contributed by atoms with E-state index in [0.29, 0.717) is 12.5 Å². The topological polar surface area (TPSA) is 38.3 Å². The SMILES string of the molecule is O=C(OCc1ccccc1)[C@]12CNCC[C@H]1C2. The number of piperidine rings is 1. The molecule has 1 N–H and O–H groups in total. The molecule has 17 heavy (non-hydrogen) atoms. The minimum Gasteiger partial charge on any atom is -0.460 e. The summed E-state index contributed by atoms with van der Waals surface area (Å²) in [7, 11) is 0. The van der Waals surface area contributed by atoms with Gasteiger partial charge < -0.3 is 10.1 Å². The third-order valence-electron chi connectivity index (χ3n) is 3.96. The second kappa shape index (κ2) is 4.15. The molecule has 1 saturated heterocycles. The van der Waals surface area contributed by atoms with Crippen molar-refractivity contribution in [3.8, 4) is 0 Å². The van der Waals surface area contributed by atoms with Gasteiger partial charge in [-0.15, -0.1) is 0 Å². The molecule has 0 unspecified atom stereocenters. The second-order valence-corrected chi connectivity index (χ2v) is 5.08. The maximum atomic E-state index is 12.1. The van der Waals surface area contributed by atoms with Crippen LogP contribution in [-0.2, 0) is 16.1 Å². The Balaban J connectivity index is 1.58. The van der Waals surface area contributed by atoms with Crippen molar-refractivity contribution >= 4 is 5.97 Å². The van der Waals surface area contributed by atoms with E-state index in [4.69, 9.17) is 4.74 Å². The highest BCUT2D eigenvalue weighted by Gasteiger charge is 2.61. The Morgan fingerprint density at radius 1 is 1.41 bits per heavy atom. The van der Waals surface area contributed by atoms with Gasteiger partial charge in [0.25, 0.3) is 0 Å². The van der Waals surface area contributed by atoms with Crippen LogP contribution in [0.1, 0.15) is 18.4 Å². The predicted molar refractivity (Wildman–Crippen MR) is 64.3 cm³/mol. The first-order chi connectivity index (χ1) is 8.31. The summed E-state index contributed by atoms with van der Waals surface area (Å²) in [6.07, 6.45) is 2.12. The van der Waals surface area contributed by atoms with Crippen LogP contribution >= 0.6 is 0 Å². The Bertz CT molecular complexity index is 417. The Hall–Kier alpha value is -1.35. The smallest absolute Gasteiger partial charge is 0.314 e. The summed E-state index contributed by atoms with van der Waals surface area (Å²) in [5.41, 5.74) is 0.866. The molecule has 1 saturated carbocycles. The quantitative estimate of drug-likeness (QED) is 0.805. The van der Waals surface area contributed by atoms with Gasteiger partial charge in [-0.05, 0) is 30.9 Å². The molecule has 0 spiro atoms. The molecule has 1 heterocycles. The summed E-state index contributed by atoms with van der Waals surface area (Å²) in [5, 5.41) is 3.30. The van der Waals surface area contributed by atoms with E-state index in [-0.39, 0.29) is 11.4 Å². The maximum absolute atomic E-state index is 12.1. The minimum absolute atomic E-state index is 0.0152. The van der Waals surface area contributed by atoms with Crippen LogP contribution in [0.3, 0.4) is 0 Å².